The van der Waals surface area contributed by atoms with Gasteiger partial charge in [0.05, 0.1) is 6.26 Å². The Morgan fingerprint density at radius 3 is 2.68 bits per heavy atom. The fourth-order valence-corrected chi connectivity index (χ4v) is 4.54. The molecule has 0 spiro atoms. The van der Waals surface area contributed by atoms with Crippen LogP contribution in [0.3, 0.4) is 0 Å². The summed E-state index contributed by atoms with van der Waals surface area (Å²) >= 11 is 0. The van der Waals surface area contributed by atoms with Gasteiger partial charge in [-0.25, -0.2) is 8.42 Å². The van der Waals surface area contributed by atoms with E-state index in [1.165, 1.54) is 10.6 Å². The van der Waals surface area contributed by atoms with Crippen molar-refractivity contribution in [1.29, 1.82) is 0 Å². The van der Waals surface area contributed by atoms with Gasteiger partial charge in [-0.15, -0.1) is 0 Å². The van der Waals surface area contributed by atoms with Crippen molar-refractivity contribution in [2.45, 2.75) is 44.7 Å². The van der Waals surface area contributed by atoms with E-state index in [2.05, 4.69) is 5.32 Å². The smallest absolute Gasteiger partial charge is 0.231 e. The van der Waals surface area contributed by atoms with Gasteiger partial charge >= 0.3 is 0 Å². The first-order chi connectivity index (χ1) is 11.9. The van der Waals surface area contributed by atoms with Gasteiger partial charge in [0.1, 0.15) is 0 Å². The third kappa shape index (κ3) is 4.64. The number of carbonyl (C=O) groups excluding carboxylic acids is 1. The average Bonchev–Trinajstić information content (AvgIpc) is 3.22. The maximum atomic E-state index is 12.1. The largest absolute Gasteiger partial charge is 0.454 e. The standard InChI is InChI=1S/C17H24N2O5S/c1-25(21,22)19(14-4-2-3-5-14)9-8-17(20)18-11-13-6-7-15-16(10-13)24-12-23-15/h6-7,10,14H,2-5,8-9,11-12H2,1H3,(H,18,20). The molecular formula is C17H24N2O5S. The zero-order chi connectivity index (χ0) is 17.9. The number of benzene rings is 1. The average molecular weight is 368 g/mol. The number of nitrogens with one attached hydrogen (secondary N) is 1. The molecule has 1 aliphatic carbocycles. The van der Waals surface area contributed by atoms with E-state index >= 15 is 0 Å². The molecule has 8 heteroatoms. The molecule has 7 nitrogen and oxygen atoms in total. The second-order valence-electron chi connectivity index (χ2n) is 6.53. The maximum absolute atomic E-state index is 12.1. The first-order valence-corrected chi connectivity index (χ1v) is 10.4. The van der Waals surface area contributed by atoms with Crippen LogP contribution in [0.1, 0.15) is 37.7 Å². The van der Waals surface area contributed by atoms with Crippen LogP contribution < -0.4 is 14.8 Å². The molecular weight excluding hydrogens is 344 g/mol. The number of amides is 1. The normalized spacial score (nSPS) is 17.2. The van der Waals surface area contributed by atoms with E-state index in [0.29, 0.717) is 18.0 Å². The summed E-state index contributed by atoms with van der Waals surface area (Å²) in [6, 6.07) is 5.56. The maximum Gasteiger partial charge on any atom is 0.231 e. The predicted molar refractivity (Wildman–Crippen MR) is 92.8 cm³/mol. The van der Waals surface area contributed by atoms with Crippen molar-refractivity contribution in [3.05, 3.63) is 23.8 Å². The van der Waals surface area contributed by atoms with Gasteiger partial charge in [-0.05, 0) is 30.5 Å². The van der Waals surface area contributed by atoms with Crippen molar-refractivity contribution in [2.75, 3.05) is 19.6 Å². The van der Waals surface area contributed by atoms with Gasteiger partial charge in [0.2, 0.25) is 22.7 Å². The Bertz CT molecular complexity index is 729. The molecule has 1 amide bonds. The highest BCUT2D eigenvalue weighted by Crippen LogP contribution is 2.32. The van der Waals surface area contributed by atoms with Crippen molar-refractivity contribution >= 4 is 15.9 Å². The fraction of sp³-hybridized carbons (Fsp3) is 0.588. The third-order valence-corrected chi connectivity index (χ3v) is 5.98. The second-order valence-corrected chi connectivity index (χ2v) is 8.46. The van der Waals surface area contributed by atoms with Crippen molar-refractivity contribution in [3.8, 4) is 11.5 Å². The van der Waals surface area contributed by atoms with Gasteiger partial charge in [0.25, 0.3) is 0 Å². The van der Waals surface area contributed by atoms with Crippen molar-refractivity contribution in [1.82, 2.24) is 9.62 Å². The molecule has 1 fully saturated rings. The third-order valence-electron chi connectivity index (χ3n) is 4.64. The lowest BCUT2D eigenvalue weighted by atomic mass is 10.2. The zero-order valence-corrected chi connectivity index (χ0v) is 15.2. The molecule has 0 atom stereocenters. The second kappa shape index (κ2) is 7.61. The monoisotopic (exact) mass is 368 g/mol. The molecule has 1 aromatic carbocycles. The minimum Gasteiger partial charge on any atom is -0.454 e. The van der Waals surface area contributed by atoms with Crippen LogP contribution in [-0.2, 0) is 21.4 Å². The van der Waals surface area contributed by atoms with Crippen molar-refractivity contribution in [2.24, 2.45) is 0 Å². The summed E-state index contributed by atoms with van der Waals surface area (Å²) < 4.78 is 36.0. The number of hydrogen-bond acceptors (Lipinski definition) is 5. The molecule has 0 saturated heterocycles. The molecule has 1 aliphatic heterocycles. The van der Waals surface area contributed by atoms with Gasteiger partial charge in [-0.3, -0.25) is 4.79 Å². The van der Waals surface area contributed by atoms with Gasteiger partial charge in [-0.1, -0.05) is 18.9 Å². The number of fused-ring (bicyclic) bond motifs is 1. The quantitative estimate of drug-likeness (QED) is 0.791. The molecule has 25 heavy (non-hydrogen) atoms. The van der Waals surface area contributed by atoms with Crippen molar-refractivity contribution in [3.63, 3.8) is 0 Å². The Balaban J connectivity index is 1.50. The van der Waals surface area contributed by atoms with Crippen LogP contribution >= 0.6 is 0 Å². The van der Waals surface area contributed by atoms with Gasteiger partial charge in [0.15, 0.2) is 11.5 Å². The molecule has 0 aromatic heterocycles. The zero-order valence-electron chi connectivity index (χ0n) is 14.4. The number of carbonyl (C=O) groups is 1. The predicted octanol–water partition coefficient (Wildman–Crippen LogP) is 1.63. The lowest BCUT2D eigenvalue weighted by molar-refractivity contribution is -0.121. The number of hydrogen-bond donors (Lipinski definition) is 1. The van der Waals surface area contributed by atoms with Crippen LogP contribution in [0.5, 0.6) is 11.5 Å². The van der Waals surface area contributed by atoms with Crippen LogP contribution in [0.4, 0.5) is 0 Å². The number of rotatable bonds is 7. The minimum absolute atomic E-state index is 0.0386. The lowest BCUT2D eigenvalue weighted by Crippen LogP contribution is -2.40. The van der Waals surface area contributed by atoms with Crippen LogP contribution in [0.25, 0.3) is 0 Å². The SMILES string of the molecule is CS(=O)(=O)N(CCC(=O)NCc1ccc2c(c1)OCO2)C1CCCC1. The van der Waals surface area contributed by atoms with E-state index in [1.807, 2.05) is 18.2 Å². The molecule has 0 bridgehead atoms. The summed E-state index contributed by atoms with van der Waals surface area (Å²) in [7, 11) is -3.30. The van der Waals surface area contributed by atoms with Crippen LogP contribution in [0.2, 0.25) is 0 Å². The number of ether oxygens (including phenoxy) is 2. The Hall–Kier alpha value is -1.80. The molecule has 3 rings (SSSR count). The number of sulfonamides is 1. The number of nitrogens with zero attached hydrogens (tertiary/aromatic N) is 1. The summed E-state index contributed by atoms with van der Waals surface area (Å²) in [5.74, 6) is 1.22. The lowest BCUT2D eigenvalue weighted by Gasteiger charge is -2.26. The van der Waals surface area contributed by atoms with E-state index in [-0.39, 0.29) is 31.7 Å². The Labute approximate surface area is 148 Å². The molecule has 0 unspecified atom stereocenters. The highest BCUT2D eigenvalue weighted by molar-refractivity contribution is 7.88. The van der Waals surface area contributed by atoms with E-state index in [9.17, 15) is 13.2 Å². The van der Waals surface area contributed by atoms with Gasteiger partial charge < -0.3 is 14.8 Å². The molecule has 138 valence electrons. The van der Waals surface area contributed by atoms with Crippen molar-refractivity contribution < 1.29 is 22.7 Å². The Morgan fingerprint density at radius 1 is 1.24 bits per heavy atom. The van der Waals surface area contributed by atoms with E-state index in [1.54, 1.807) is 0 Å². The summed E-state index contributed by atoms with van der Waals surface area (Å²) in [5.41, 5.74) is 0.911. The van der Waals surface area contributed by atoms with Gasteiger partial charge in [0, 0.05) is 25.6 Å². The molecule has 2 aliphatic rings. The molecule has 1 N–H and O–H groups in total. The van der Waals surface area contributed by atoms with Gasteiger partial charge in [-0.2, -0.15) is 4.31 Å². The molecule has 1 heterocycles. The van der Waals surface area contributed by atoms with E-state index in [4.69, 9.17) is 9.47 Å². The Kier molecular flexibility index (Phi) is 5.48. The summed E-state index contributed by atoms with van der Waals surface area (Å²) in [5, 5.41) is 2.83. The molecule has 0 radical (unpaired) electrons. The minimum atomic E-state index is -3.30. The van der Waals surface area contributed by atoms with Crippen LogP contribution in [0, 0.1) is 0 Å². The Morgan fingerprint density at radius 2 is 1.96 bits per heavy atom. The van der Waals surface area contributed by atoms with E-state index < -0.39 is 10.0 Å². The first kappa shape index (κ1) is 18.0. The first-order valence-electron chi connectivity index (χ1n) is 8.55. The van der Waals surface area contributed by atoms with E-state index in [0.717, 1.165) is 31.2 Å². The van der Waals surface area contributed by atoms with Crippen LogP contribution in [-0.4, -0.2) is 44.3 Å². The highest BCUT2D eigenvalue weighted by atomic mass is 32.2. The summed E-state index contributed by atoms with van der Waals surface area (Å²) in [4.78, 5) is 12.1. The topological polar surface area (TPSA) is 84.9 Å². The summed E-state index contributed by atoms with van der Waals surface area (Å²) in [6.45, 7) is 0.821. The molecule has 1 saturated carbocycles. The fourth-order valence-electron chi connectivity index (χ4n) is 3.36. The highest BCUT2D eigenvalue weighted by Gasteiger charge is 2.29. The van der Waals surface area contributed by atoms with Crippen LogP contribution in [0.15, 0.2) is 18.2 Å². The summed E-state index contributed by atoms with van der Waals surface area (Å²) in [6.07, 6.45) is 5.24. The molecule has 1 aromatic rings.